The summed E-state index contributed by atoms with van der Waals surface area (Å²) in [6.45, 7) is 7.44. The highest BCUT2D eigenvalue weighted by Crippen LogP contribution is 2.34. The molecule has 4 nitrogen and oxygen atoms in total. The monoisotopic (exact) mass is 229 g/mol. The van der Waals surface area contributed by atoms with Crippen molar-refractivity contribution in [1.29, 1.82) is 0 Å². The first kappa shape index (κ1) is 12.3. The molecule has 4 heteroatoms. The maximum Gasteiger partial charge on any atom is 0.0832 e. The lowest BCUT2D eigenvalue weighted by Gasteiger charge is -2.27. The normalized spacial score (nSPS) is 35.6. The minimum Gasteiger partial charge on any atom is -0.396 e. The Bertz CT molecular complexity index is 239. The Balaban J connectivity index is 1.90. The smallest absolute Gasteiger partial charge is 0.0832 e. The van der Waals surface area contributed by atoms with E-state index >= 15 is 0 Å². The topological polar surface area (TPSA) is 41.9 Å². The van der Waals surface area contributed by atoms with Crippen LogP contribution in [0.25, 0.3) is 0 Å². The van der Waals surface area contributed by atoms with Gasteiger partial charge in [0.1, 0.15) is 0 Å². The fourth-order valence-corrected chi connectivity index (χ4v) is 2.61. The quantitative estimate of drug-likeness (QED) is 0.793. The number of hydrogen-bond acceptors (Lipinski definition) is 4. The maximum absolute atomic E-state index is 8.91. The average Bonchev–Trinajstić information content (AvgIpc) is 2.66. The number of ether oxygens (including phenoxy) is 1. The molecule has 94 valence electrons. The van der Waals surface area contributed by atoms with E-state index in [0.717, 1.165) is 25.8 Å². The first-order chi connectivity index (χ1) is 7.49. The second-order valence-electron chi connectivity index (χ2n) is 5.74. The standard InChI is InChI=1S/C12H23NO3/c1-12(2,3)15-11-4-6-13-10(11)8-9(16-13)5-7-14/h9-11,14H,4-8H2,1-3H3/t9-,10+,11+/m1/s1. The summed E-state index contributed by atoms with van der Waals surface area (Å²) in [5.41, 5.74) is -0.0876. The predicted octanol–water partition coefficient (Wildman–Crippen LogP) is 1.33. The lowest BCUT2D eigenvalue weighted by Crippen LogP contribution is -2.35. The van der Waals surface area contributed by atoms with Crippen molar-refractivity contribution in [3.63, 3.8) is 0 Å². The molecule has 0 radical (unpaired) electrons. The largest absolute Gasteiger partial charge is 0.396 e. The third-order valence-corrected chi connectivity index (χ3v) is 3.18. The molecule has 0 amide bonds. The first-order valence-electron chi connectivity index (χ1n) is 6.22. The highest BCUT2D eigenvalue weighted by Gasteiger charge is 2.44. The van der Waals surface area contributed by atoms with Crippen LogP contribution in [-0.4, -0.2) is 47.2 Å². The van der Waals surface area contributed by atoms with Crippen molar-refractivity contribution in [3.8, 4) is 0 Å². The summed E-state index contributed by atoms with van der Waals surface area (Å²) in [5, 5.41) is 11.0. The number of rotatable bonds is 3. The second-order valence-corrected chi connectivity index (χ2v) is 5.74. The van der Waals surface area contributed by atoms with Crippen LogP contribution >= 0.6 is 0 Å². The molecule has 2 fully saturated rings. The van der Waals surface area contributed by atoms with Crippen LogP contribution in [0.3, 0.4) is 0 Å². The van der Waals surface area contributed by atoms with Crippen LogP contribution < -0.4 is 0 Å². The molecule has 16 heavy (non-hydrogen) atoms. The maximum atomic E-state index is 8.91. The summed E-state index contributed by atoms with van der Waals surface area (Å²) < 4.78 is 6.05. The van der Waals surface area contributed by atoms with Gasteiger partial charge in [-0.1, -0.05) is 0 Å². The van der Waals surface area contributed by atoms with Crippen molar-refractivity contribution >= 4 is 0 Å². The molecule has 2 saturated heterocycles. The van der Waals surface area contributed by atoms with Crippen molar-refractivity contribution in [2.75, 3.05) is 13.2 Å². The second kappa shape index (κ2) is 4.61. The summed E-state index contributed by atoms with van der Waals surface area (Å²) in [4.78, 5) is 5.76. The molecule has 2 heterocycles. The molecular weight excluding hydrogens is 206 g/mol. The zero-order valence-electron chi connectivity index (χ0n) is 10.5. The van der Waals surface area contributed by atoms with Gasteiger partial charge in [-0.15, -0.1) is 0 Å². The van der Waals surface area contributed by atoms with E-state index in [-0.39, 0.29) is 24.4 Å². The molecule has 0 aromatic rings. The summed E-state index contributed by atoms with van der Waals surface area (Å²) in [7, 11) is 0. The molecule has 0 saturated carbocycles. The number of aliphatic hydroxyl groups excluding tert-OH is 1. The third kappa shape index (κ3) is 2.74. The Labute approximate surface area is 97.5 Å². The lowest BCUT2D eigenvalue weighted by atomic mass is 10.0. The molecule has 0 bridgehead atoms. The minimum atomic E-state index is -0.0876. The summed E-state index contributed by atoms with van der Waals surface area (Å²) in [6.07, 6.45) is 3.23. The Morgan fingerprint density at radius 3 is 2.81 bits per heavy atom. The number of hydrogen-bond donors (Lipinski definition) is 1. The van der Waals surface area contributed by atoms with Gasteiger partial charge in [0, 0.05) is 13.2 Å². The van der Waals surface area contributed by atoms with Crippen molar-refractivity contribution in [3.05, 3.63) is 0 Å². The van der Waals surface area contributed by atoms with Gasteiger partial charge in [0.2, 0.25) is 0 Å². The summed E-state index contributed by atoms with van der Waals surface area (Å²) in [6, 6.07) is 0.385. The molecule has 0 aliphatic carbocycles. The molecule has 0 aromatic heterocycles. The Morgan fingerprint density at radius 2 is 2.19 bits per heavy atom. The molecule has 0 unspecified atom stereocenters. The summed E-state index contributed by atoms with van der Waals surface area (Å²) in [5.74, 6) is 0. The van der Waals surface area contributed by atoms with Crippen LogP contribution in [0.1, 0.15) is 40.0 Å². The lowest BCUT2D eigenvalue weighted by molar-refractivity contribution is -0.160. The van der Waals surface area contributed by atoms with Gasteiger partial charge in [-0.25, -0.2) is 0 Å². The van der Waals surface area contributed by atoms with Crippen molar-refractivity contribution < 1.29 is 14.7 Å². The molecule has 2 aliphatic rings. The Kier molecular flexibility index (Phi) is 3.54. The number of hydroxylamine groups is 2. The van der Waals surface area contributed by atoms with Crippen LogP contribution in [0.2, 0.25) is 0 Å². The third-order valence-electron chi connectivity index (χ3n) is 3.18. The van der Waals surface area contributed by atoms with Gasteiger partial charge in [0.15, 0.2) is 0 Å². The van der Waals surface area contributed by atoms with E-state index in [1.54, 1.807) is 0 Å². The fourth-order valence-electron chi connectivity index (χ4n) is 2.61. The van der Waals surface area contributed by atoms with Gasteiger partial charge < -0.3 is 9.84 Å². The first-order valence-corrected chi connectivity index (χ1v) is 6.22. The van der Waals surface area contributed by atoms with Crippen LogP contribution in [-0.2, 0) is 9.57 Å². The Morgan fingerprint density at radius 1 is 1.44 bits per heavy atom. The van der Waals surface area contributed by atoms with Gasteiger partial charge >= 0.3 is 0 Å². The van der Waals surface area contributed by atoms with E-state index in [2.05, 4.69) is 25.8 Å². The average molecular weight is 229 g/mol. The zero-order chi connectivity index (χ0) is 11.8. The van der Waals surface area contributed by atoms with Gasteiger partial charge in [0.05, 0.1) is 23.9 Å². The predicted molar refractivity (Wildman–Crippen MR) is 60.9 cm³/mol. The molecule has 2 rings (SSSR count). The van der Waals surface area contributed by atoms with E-state index in [4.69, 9.17) is 14.7 Å². The minimum absolute atomic E-state index is 0.0876. The van der Waals surface area contributed by atoms with E-state index < -0.39 is 0 Å². The summed E-state index contributed by atoms with van der Waals surface area (Å²) >= 11 is 0. The van der Waals surface area contributed by atoms with Gasteiger partial charge in [-0.2, -0.15) is 5.06 Å². The number of aliphatic hydroxyl groups is 1. The highest BCUT2D eigenvalue weighted by molar-refractivity contribution is 4.91. The molecular formula is C12H23NO3. The molecule has 0 spiro atoms. The van der Waals surface area contributed by atoms with Gasteiger partial charge in [-0.05, 0) is 40.0 Å². The fraction of sp³-hybridized carbons (Fsp3) is 1.00. The van der Waals surface area contributed by atoms with E-state index in [9.17, 15) is 0 Å². The van der Waals surface area contributed by atoms with Crippen LogP contribution in [0, 0.1) is 0 Å². The SMILES string of the molecule is CC(C)(C)O[C@H]1CCN2O[C@H](CCO)C[C@@H]12. The Hall–Kier alpha value is -0.160. The number of nitrogens with zero attached hydrogens (tertiary/aromatic N) is 1. The van der Waals surface area contributed by atoms with Crippen molar-refractivity contribution in [1.82, 2.24) is 5.06 Å². The number of fused-ring (bicyclic) bond motifs is 1. The van der Waals surface area contributed by atoms with Gasteiger partial charge in [-0.3, -0.25) is 4.84 Å². The molecule has 2 aliphatic heterocycles. The van der Waals surface area contributed by atoms with E-state index in [1.807, 2.05) is 0 Å². The highest BCUT2D eigenvalue weighted by atomic mass is 16.7. The van der Waals surface area contributed by atoms with E-state index in [1.165, 1.54) is 0 Å². The van der Waals surface area contributed by atoms with E-state index in [0.29, 0.717) is 6.04 Å². The zero-order valence-corrected chi connectivity index (χ0v) is 10.5. The molecule has 1 N–H and O–H groups in total. The van der Waals surface area contributed by atoms with Crippen molar-refractivity contribution in [2.24, 2.45) is 0 Å². The van der Waals surface area contributed by atoms with Crippen molar-refractivity contribution in [2.45, 2.75) is 63.9 Å². The molecule has 3 atom stereocenters. The van der Waals surface area contributed by atoms with Crippen LogP contribution in [0.5, 0.6) is 0 Å². The molecule has 0 aromatic carbocycles. The van der Waals surface area contributed by atoms with Crippen LogP contribution in [0.4, 0.5) is 0 Å². The van der Waals surface area contributed by atoms with Gasteiger partial charge in [0.25, 0.3) is 0 Å². The van der Waals surface area contributed by atoms with Crippen LogP contribution in [0.15, 0.2) is 0 Å².